The first-order valence-electron chi connectivity index (χ1n) is 6.31. The summed E-state index contributed by atoms with van der Waals surface area (Å²) in [7, 11) is 0. The van der Waals surface area contributed by atoms with Gasteiger partial charge in [-0.05, 0) is 0 Å². The zero-order chi connectivity index (χ0) is 13.3. The van der Waals surface area contributed by atoms with Crippen LogP contribution in [-0.2, 0) is 36.4 Å². The molecule has 0 heterocycles. The van der Waals surface area contributed by atoms with Gasteiger partial charge in [0.05, 0.1) is 0 Å². The van der Waals surface area contributed by atoms with Crippen LogP contribution in [0.1, 0.15) is 53.4 Å². The molecular formula is C12H24O4Zr. The van der Waals surface area contributed by atoms with Crippen molar-refractivity contribution < 1.29 is 36.4 Å². The molecule has 0 bridgehead atoms. The molecule has 0 saturated carbocycles. The number of rotatable bonds is 10. The fourth-order valence-electron chi connectivity index (χ4n) is 1.42. The van der Waals surface area contributed by atoms with E-state index in [9.17, 15) is 9.59 Å². The summed E-state index contributed by atoms with van der Waals surface area (Å²) in [6.45, 7) is 7.85. The molecule has 0 spiro atoms. The topological polar surface area (TPSA) is 52.6 Å². The molecule has 0 rings (SSSR count). The van der Waals surface area contributed by atoms with Crippen LogP contribution in [0.25, 0.3) is 0 Å². The van der Waals surface area contributed by atoms with E-state index in [0.717, 1.165) is 25.7 Å². The summed E-state index contributed by atoms with van der Waals surface area (Å²) in [5.41, 5.74) is 0. The van der Waals surface area contributed by atoms with E-state index in [4.69, 9.17) is 5.63 Å². The number of hydrogen-bond donors (Lipinski definition) is 0. The fraction of sp³-hybridized carbons (Fsp3) is 0.833. The average molecular weight is 324 g/mol. The van der Waals surface area contributed by atoms with Gasteiger partial charge in [-0.15, -0.1) is 0 Å². The van der Waals surface area contributed by atoms with Crippen LogP contribution >= 0.6 is 0 Å². The Kier molecular flexibility index (Phi) is 9.20. The average Bonchev–Trinajstić information content (AvgIpc) is 2.26. The molecule has 5 heteroatoms. The normalized spacial score (nSPS) is 11.5. The Labute approximate surface area is 110 Å². The molecular weight excluding hydrogens is 299 g/mol. The van der Waals surface area contributed by atoms with Gasteiger partial charge in [-0.25, -0.2) is 0 Å². The SMILES string of the molecule is CCCC[O][Zr]([O]CCCC)([C](C)=O)[C](C)=O. The molecule has 4 nitrogen and oxygen atoms in total. The first kappa shape index (κ1) is 17.1. The molecule has 0 aromatic carbocycles. The molecule has 0 aliphatic carbocycles. The van der Waals surface area contributed by atoms with Gasteiger partial charge in [-0.1, -0.05) is 0 Å². The molecule has 0 radical (unpaired) electrons. The van der Waals surface area contributed by atoms with Crippen molar-refractivity contribution in [1.29, 1.82) is 0 Å². The van der Waals surface area contributed by atoms with E-state index in [0.29, 0.717) is 13.2 Å². The molecule has 0 aliphatic heterocycles. The van der Waals surface area contributed by atoms with Crippen LogP contribution in [-0.4, -0.2) is 20.2 Å². The van der Waals surface area contributed by atoms with Crippen molar-refractivity contribution in [3.8, 4) is 0 Å². The van der Waals surface area contributed by atoms with Crippen molar-refractivity contribution in [1.82, 2.24) is 0 Å². The van der Waals surface area contributed by atoms with E-state index in [1.807, 2.05) is 13.8 Å². The van der Waals surface area contributed by atoms with Crippen molar-refractivity contribution in [3.63, 3.8) is 0 Å². The minimum atomic E-state index is -4.14. The van der Waals surface area contributed by atoms with Crippen LogP contribution < -0.4 is 0 Å². The number of carbonyl (C=O) groups excluding carboxylic acids is 2. The molecule has 0 aromatic rings. The molecule has 0 N–H and O–H groups in total. The third kappa shape index (κ3) is 5.54. The van der Waals surface area contributed by atoms with Crippen molar-refractivity contribution >= 4 is 6.98 Å². The Morgan fingerprint density at radius 3 is 1.47 bits per heavy atom. The van der Waals surface area contributed by atoms with Gasteiger partial charge >= 0.3 is 110 Å². The number of unbranched alkanes of at least 4 members (excludes halogenated alkanes) is 2. The van der Waals surface area contributed by atoms with Gasteiger partial charge in [0.15, 0.2) is 0 Å². The van der Waals surface area contributed by atoms with Gasteiger partial charge in [0.25, 0.3) is 0 Å². The van der Waals surface area contributed by atoms with E-state index >= 15 is 0 Å². The van der Waals surface area contributed by atoms with E-state index in [2.05, 4.69) is 0 Å². The fourth-order valence-corrected chi connectivity index (χ4v) is 6.96. The molecule has 0 atom stereocenters. The van der Waals surface area contributed by atoms with Crippen molar-refractivity contribution in [3.05, 3.63) is 0 Å². The van der Waals surface area contributed by atoms with Gasteiger partial charge in [0.2, 0.25) is 0 Å². The Morgan fingerprint density at radius 2 is 1.24 bits per heavy atom. The van der Waals surface area contributed by atoms with Crippen LogP contribution in [0.4, 0.5) is 0 Å². The molecule has 17 heavy (non-hydrogen) atoms. The van der Waals surface area contributed by atoms with Crippen molar-refractivity contribution in [2.45, 2.75) is 53.4 Å². The zero-order valence-electron chi connectivity index (χ0n) is 11.4. The van der Waals surface area contributed by atoms with Crippen molar-refractivity contribution in [2.75, 3.05) is 13.2 Å². The minimum absolute atomic E-state index is 0.168. The molecule has 0 unspecified atom stereocenters. The monoisotopic (exact) mass is 322 g/mol. The summed E-state index contributed by atoms with van der Waals surface area (Å²) in [5, 5.41) is 0. The van der Waals surface area contributed by atoms with E-state index in [-0.39, 0.29) is 6.98 Å². The number of hydrogen-bond acceptors (Lipinski definition) is 4. The summed E-state index contributed by atoms with van der Waals surface area (Å²) < 4.78 is 10.9. The van der Waals surface area contributed by atoms with Crippen LogP contribution in [0.15, 0.2) is 0 Å². The quantitative estimate of drug-likeness (QED) is 0.580. The maximum atomic E-state index is 11.7. The molecule has 0 amide bonds. The van der Waals surface area contributed by atoms with Crippen LogP contribution in [0.5, 0.6) is 0 Å². The Balaban J connectivity index is 4.62. The molecule has 0 aliphatic rings. The summed E-state index contributed by atoms with van der Waals surface area (Å²) in [4.78, 5) is 23.4. The van der Waals surface area contributed by atoms with Crippen LogP contribution in [0.2, 0.25) is 0 Å². The molecule has 0 fully saturated rings. The van der Waals surface area contributed by atoms with Crippen molar-refractivity contribution in [2.24, 2.45) is 0 Å². The van der Waals surface area contributed by atoms with Gasteiger partial charge in [0.1, 0.15) is 0 Å². The maximum absolute atomic E-state index is 11.7. The van der Waals surface area contributed by atoms with Crippen LogP contribution in [0.3, 0.4) is 0 Å². The number of carbonyl (C=O) groups is 2. The summed E-state index contributed by atoms with van der Waals surface area (Å²) in [5.74, 6) is 0. The zero-order valence-corrected chi connectivity index (χ0v) is 13.8. The predicted molar refractivity (Wildman–Crippen MR) is 63.1 cm³/mol. The standard InChI is InChI=1S/2C4H9O.2C2H3O.Zr/c2*1-2-3-4-5;2*1-2-3;/h2*2-4H2,1H3;2*1H3;/q2*-1;;;+2. The van der Waals surface area contributed by atoms with Gasteiger partial charge in [0, 0.05) is 0 Å². The van der Waals surface area contributed by atoms with E-state index in [1.165, 1.54) is 13.8 Å². The third-order valence-corrected chi connectivity index (χ3v) is 10.1. The summed E-state index contributed by atoms with van der Waals surface area (Å²) in [6.07, 6.45) is 3.67. The summed E-state index contributed by atoms with van der Waals surface area (Å²) in [6, 6.07) is 0. The third-order valence-electron chi connectivity index (χ3n) is 2.53. The summed E-state index contributed by atoms with van der Waals surface area (Å²) >= 11 is -4.14. The second-order valence-corrected chi connectivity index (χ2v) is 12.0. The van der Waals surface area contributed by atoms with E-state index in [1.54, 1.807) is 0 Å². The van der Waals surface area contributed by atoms with Gasteiger partial charge in [-0.3, -0.25) is 0 Å². The Bertz CT molecular complexity index is 227. The molecule has 100 valence electrons. The second kappa shape index (κ2) is 9.12. The first-order valence-corrected chi connectivity index (χ1v) is 10.8. The Hall–Kier alpha value is 0.143. The van der Waals surface area contributed by atoms with Gasteiger partial charge < -0.3 is 0 Å². The predicted octanol–water partition coefficient (Wildman–Crippen LogP) is 2.70. The second-order valence-electron chi connectivity index (χ2n) is 4.13. The molecule has 0 aromatic heterocycles. The van der Waals surface area contributed by atoms with E-state index < -0.39 is 21.1 Å². The van der Waals surface area contributed by atoms with Crippen LogP contribution in [0, 0.1) is 0 Å². The first-order chi connectivity index (χ1) is 8.01. The Morgan fingerprint density at radius 1 is 0.882 bits per heavy atom. The van der Waals surface area contributed by atoms with Gasteiger partial charge in [-0.2, -0.15) is 0 Å². The molecule has 0 saturated heterocycles.